The number of hydrogen-bond donors (Lipinski definition) is 1. The number of ether oxygens (including phenoxy) is 1. The van der Waals surface area contributed by atoms with Crippen LogP contribution in [-0.2, 0) is 4.79 Å². The highest BCUT2D eigenvalue weighted by atomic mass is 35.5. The molecule has 1 aromatic heterocycles. The number of carbonyl (C=O) groups is 1. The lowest BCUT2D eigenvalue weighted by atomic mass is 10.1. The molecule has 3 rings (SSSR count). The Morgan fingerprint density at radius 1 is 1.19 bits per heavy atom. The van der Waals surface area contributed by atoms with Gasteiger partial charge in [0.25, 0.3) is 5.91 Å². The molecule has 0 aliphatic carbocycles. The number of likely N-dealkylation sites (tertiary alicyclic amines) is 1. The highest BCUT2D eigenvalue weighted by molar-refractivity contribution is 6.32. The fourth-order valence-electron chi connectivity index (χ4n) is 3.09. The van der Waals surface area contributed by atoms with Gasteiger partial charge in [-0.2, -0.15) is 0 Å². The minimum atomic E-state index is -0.173. The lowest BCUT2D eigenvalue weighted by Crippen LogP contribution is -2.41. The van der Waals surface area contributed by atoms with Crippen molar-refractivity contribution in [3.8, 4) is 5.75 Å². The van der Waals surface area contributed by atoms with Crippen LogP contribution >= 0.6 is 24.0 Å². The molecule has 1 fully saturated rings. The lowest BCUT2D eigenvalue weighted by Gasteiger charge is -2.33. The second-order valence-corrected chi connectivity index (χ2v) is 6.56. The molecular weight excluding hydrogens is 375 g/mol. The number of para-hydroxylation sites is 1. The number of amides is 1. The Labute approximate surface area is 165 Å². The molecule has 0 saturated carbocycles. The number of rotatable bonds is 7. The van der Waals surface area contributed by atoms with E-state index in [2.05, 4.69) is 10.2 Å². The summed E-state index contributed by atoms with van der Waals surface area (Å²) in [4.78, 5) is 14.5. The molecule has 1 aliphatic heterocycles. The molecular formula is C19H24Cl2N2O3. The van der Waals surface area contributed by atoms with E-state index < -0.39 is 0 Å². The Bertz CT molecular complexity index is 673. The van der Waals surface area contributed by atoms with Crippen LogP contribution in [0.3, 0.4) is 0 Å². The predicted octanol–water partition coefficient (Wildman–Crippen LogP) is 4.08. The minimum absolute atomic E-state index is 0. The Kier molecular flexibility index (Phi) is 8.29. The summed E-state index contributed by atoms with van der Waals surface area (Å²) in [6.07, 6.45) is 5.30. The van der Waals surface area contributed by atoms with Crippen molar-refractivity contribution in [1.29, 1.82) is 0 Å². The maximum absolute atomic E-state index is 12.2. The van der Waals surface area contributed by atoms with Gasteiger partial charge in [-0.05, 0) is 50.2 Å². The largest absolute Gasteiger partial charge is 0.482 e. The maximum atomic E-state index is 12.2. The van der Waals surface area contributed by atoms with Crippen LogP contribution in [0, 0.1) is 0 Å². The second-order valence-electron chi connectivity index (χ2n) is 6.15. The average Bonchev–Trinajstić information content (AvgIpc) is 3.16. The number of halogens is 2. The summed E-state index contributed by atoms with van der Waals surface area (Å²) in [7, 11) is 0. The highest BCUT2D eigenvalue weighted by Gasteiger charge is 2.24. The van der Waals surface area contributed by atoms with Gasteiger partial charge < -0.3 is 14.5 Å². The third kappa shape index (κ3) is 5.66. The summed E-state index contributed by atoms with van der Waals surface area (Å²) >= 11 is 6.03. The van der Waals surface area contributed by atoms with Crippen molar-refractivity contribution in [3.63, 3.8) is 0 Å². The van der Waals surface area contributed by atoms with Gasteiger partial charge in [-0.25, -0.2) is 0 Å². The molecule has 1 amide bonds. The molecule has 1 atom stereocenters. The zero-order valence-electron chi connectivity index (χ0n) is 14.5. The molecule has 7 heteroatoms. The van der Waals surface area contributed by atoms with Crippen molar-refractivity contribution in [2.24, 2.45) is 0 Å². The van der Waals surface area contributed by atoms with E-state index in [1.54, 1.807) is 18.4 Å². The van der Waals surface area contributed by atoms with E-state index in [1.165, 1.54) is 19.3 Å². The first-order valence-corrected chi connectivity index (χ1v) is 9.03. The van der Waals surface area contributed by atoms with Crippen LogP contribution in [0.2, 0.25) is 5.02 Å². The van der Waals surface area contributed by atoms with E-state index in [0.29, 0.717) is 17.3 Å². The second kappa shape index (κ2) is 10.5. The van der Waals surface area contributed by atoms with Crippen LogP contribution < -0.4 is 10.1 Å². The van der Waals surface area contributed by atoms with Crippen molar-refractivity contribution in [1.82, 2.24) is 10.2 Å². The number of piperidine rings is 1. The first-order chi connectivity index (χ1) is 12.2. The summed E-state index contributed by atoms with van der Waals surface area (Å²) in [5, 5.41) is 3.45. The molecule has 2 heterocycles. The number of nitrogens with one attached hydrogen (secondary N) is 1. The molecule has 1 saturated heterocycles. The van der Waals surface area contributed by atoms with Gasteiger partial charge in [-0.3, -0.25) is 9.69 Å². The Morgan fingerprint density at radius 2 is 1.96 bits per heavy atom. The van der Waals surface area contributed by atoms with E-state index in [9.17, 15) is 4.79 Å². The molecule has 26 heavy (non-hydrogen) atoms. The van der Waals surface area contributed by atoms with Gasteiger partial charge in [0.2, 0.25) is 0 Å². The van der Waals surface area contributed by atoms with Crippen LogP contribution in [0.4, 0.5) is 0 Å². The molecule has 142 valence electrons. The first kappa shape index (κ1) is 20.6. The zero-order valence-corrected chi connectivity index (χ0v) is 16.1. The van der Waals surface area contributed by atoms with Crippen molar-refractivity contribution < 1.29 is 13.9 Å². The van der Waals surface area contributed by atoms with Gasteiger partial charge in [-0.15, -0.1) is 12.4 Å². The van der Waals surface area contributed by atoms with Crippen molar-refractivity contribution in [2.45, 2.75) is 25.3 Å². The van der Waals surface area contributed by atoms with Crippen LogP contribution in [-0.4, -0.2) is 37.0 Å². The molecule has 1 aliphatic rings. The van der Waals surface area contributed by atoms with E-state index in [-0.39, 0.29) is 31.0 Å². The van der Waals surface area contributed by atoms with Gasteiger partial charge in [-0.1, -0.05) is 30.2 Å². The summed E-state index contributed by atoms with van der Waals surface area (Å²) in [6, 6.07) is 11.0. The highest BCUT2D eigenvalue weighted by Crippen LogP contribution is 2.25. The van der Waals surface area contributed by atoms with Crippen molar-refractivity contribution in [3.05, 3.63) is 53.4 Å². The SMILES string of the molecule is Cl.O=C(COc1ccccc1Cl)NCC(c1ccco1)N1CCCCC1. The van der Waals surface area contributed by atoms with Crippen LogP contribution in [0.5, 0.6) is 5.75 Å². The molecule has 1 aromatic carbocycles. The lowest BCUT2D eigenvalue weighted by molar-refractivity contribution is -0.123. The first-order valence-electron chi connectivity index (χ1n) is 8.65. The molecule has 0 spiro atoms. The molecule has 1 N–H and O–H groups in total. The number of furan rings is 1. The van der Waals surface area contributed by atoms with Gasteiger partial charge in [0, 0.05) is 6.54 Å². The van der Waals surface area contributed by atoms with Crippen LogP contribution in [0.25, 0.3) is 0 Å². The number of nitrogens with zero attached hydrogens (tertiary/aromatic N) is 1. The summed E-state index contributed by atoms with van der Waals surface area (Å²) in [6.45, 7) is 2.49. The maximum Gasteiger partial charge on any atom is 0.258 e. The van der Waals surface area contributed by atoms with E-state index in [4.69, 9.17) is 20.8 Å². The molecule has 1 unspecified atom stereocenters. The van der Waals surface area contributed by atoms with Crippen LogP contribution in [0.1, 0.15) is 31.1 Å². The summed E-state index contributed by atoms with van der Waals surface area (Å²) in [5.41, 5.74) is 0. The van der Waals surface area contributed by atoms with E-state index in [0.717, 1.165) is 18.8 Å². The number of hydrogen-bond acceptors (Lipinski definition) is 4. The molecule has 5 nitrogen and oxygen atoms in total. The molecule has 0 radical (unpaired) electrons. The van der Waals surface area contributed by atoms with Gasteiger partial charge in [0.05, 0.1) is 17.3 Å². The Balaban J connectivity index is 0.00000243. The van der Waals surface area contributed by atoms with Crippen molar-refractivity contribution in [2.75, 3.05) is 26.2 Å². The Hall–Kier alpha value is -1.69. The molecule has 0 bridgehead atoms. The van der Waals surface area contributed by atoms with Gasteiger partial charge in [0.1, 0.15) is 11.5 Å². The predicted molar refractivity (Wildman–Crippen MR) is 104 cm³/mol. The number of carbonyl (C=O) groups excluding carboxylic acids is 1. The van der Waals surface area contributed by atoms with E-state index >= 15 is 0 Å². The zero-order chi connectivity index (χ0) is 17.5. The standard InChI is InChI=1S/C19H23ClN2O3.ClH/c20-15-7-2-3-8-17(15)25-14-19(23)21-13-16(18-9-6-12-24-18)22-10-4-1-5-11-22;/h2-3,6-9,12,16H,1,4-5,10-11,13-14H2,(H,21,23);1H. The normalized spacial score (nSPS) is 15.7. The molecule has 2 aromatic rings. The monoisotopic (exact) mass is 398 g/mol. The van der Waals surface area contributed by atoms with Crippen LogP contribution in [0.15, 0.2) is 47.1 Å². The Morgan fingerprint density at radius 3 is 2.65 bits per heavy atom. The van der Waals surface area contributed by atoms with E-state index in [1.807, 2.05) is 24.3 Å². The third-order valence-corrected chi connectivity index (χ3v) is 4.70. The van der Waals surface area contributed by atoms with Crippen molar-refractivity contribution >= 4 is 29.9 Å². The summed E-state index contributed by atoms with van der Waals surface area (Å²) in [5.74, 6) is 1.22. The topological polar surface area (TPSA) is 54.7 Å². The number of benzene rings is 1. The third-order valence-electron chi connectivity index (χ3n) is 4.39. The van der Waals surface area contributed by atoms with Gasteiger partial charge in [0.15, 0.2) is 6.61 Å². The smallest absolute Gasteiger partial charge is 0.258 e. The average molecular weight is 399 g/mol. The fourth-order valence-corrected chi connectivity index (χ4v) is 3.28. The quantitative estimate of drug-likeness (QED) is 0.763. The minimum Gasteiger partial charge on any atom is -0.482 e. The summed E-state index contributed by atoms with van der Waals surface area (Å²) < 4.78 is 11.1. The fraction of sp³-hybridized carbons (Fsp3) is 0.421. The van der Waals surface area contributed by atoms with Gasteiger partial charge >= 0.3 is 0 Å².